The molecule has 0 aromatic heterocycles. The lowest BCUT2D eigenvalue weighted by Crippen LogP contribution is -1.91. The molecule has 0 spiro atoms. The molecule has 0 heterocycles. The quantitative estimate of drug-likeness (QED) is 0.547. The highest BCUT2D eigenvalue weighted by Gasteiger charge is 1.98. The van der Waals surface area contributed by atoms with E-state index < -0.39 is 0 Å². The molecule has 17 heavy (non-hydrogen) atoms. The number of carbonyl (C=O) groups excluding carboxylic acids is 1. The highest BCUT2D eigenvalue weighted by molar-refractivity contribution is 8.14. The second-order valence-electron chi connectivity index (χ2n) is 3.37. The molecule has 0 N–H and O–H groups in total. The van der Waals surface area contributed by atoms with Crippen LogP contribution in [0.15, 0.2) is 43.5 Å². The van der Waals surface area contributed by atoms with Crippen molar-refractivity contribution >= 4 is 34.7 Å². The zero-order valence-electron chi connectivity index (χ0n) is 9.72. The molecule has 3 heteroatoms. The number of rotatable bonds is 7. The normalized spacial score (nSPS) is 9.88. The van der Waals surface area contributed by atoms with Gasteiger partial charge in [-0.15, -0.1) is 0 Å². The van der Waals surface area contributed by atoms with Crippen LogP contribution in [0.2, 0.25) is 0 Å². The minimum absolute atomic E-state index is 0.0549. The number of hydrogen-bond donors (Lipinski definition) is 0. The van der Waals surface area contributed by atoms with Gasteiger partial charge in [0, 0.05) is 17.3 Å². The Hall–Kier alpha value is -0.930. The maximum atomic E-state index is 11.0. The van der Waals surface area contributed by atoms with E-state index in [2.05, 4.69) is 25.3 Å². The van der Waals surface area contributed by atoms with Gasteiger partial charge in [-0.2, -0.15) is 11.8 Å². The lowest BCUT2D eigenvalue weighted by atomic mass is 10.1. The van der Waals surface area contributed by atoms with E-state index in [-0.39, 0.29) is 5.12 Å². The Bertz CT molecular complexity index is 399. The van der Waals surface area contributed by atoms with E-state index in [0.29, 0.717) is 0 Å². The summed E-state index contributed by atoms with van der Waals surface area (Å²) in [6.45, 7) is 7.19. The third-order valence-corrected chi connectivity index (χ3v) is 4.24. The fraction of sp³-hybridized carbons (Fsp3) is 0.214. The molecule has 1 rings (SSSR count). The maximum absolute atomic E-state index is 11.0. The SMILES string of the molecule is C=CC(=O)SCCSCc1cccc(C=C)c1. The van der Waals surface area contributed by atoms with Gasteiger partial charge >= 0.3 is 0 Å². The topological polar surface area (TPSA) is 17.1 Å². The van der Waals surface area contributed by atoms with Crippen molar-refractivity contribution in [3.8, 4) is 0 Å². The van der Waals surface area contributed by atoms with Crippen LogP contribution in [0.3, 0.4) is 0 Å². The van der Waals surface area contributed by atoms with Gasteiger partial charge in [0.25, 0.3) is 0 Å². The molecule has 0 unspecified atom stereocenters. The third-order valence-electron chi connectivity index (χ3n) is 2.09. The molecule has 0 bridgehead atoms. The summed E-state index contributed by atoms with van der Waals surface area (Å²) in [7, 11) is 0. The molecule has 0 aliphatic carbocycles. The minimum Gasteiger partial charge on any atom is -0.282 e. The number of thioether (sulfide) groups is 2. The molecular weight excluding hydrogens is 248 g/mol. The molecule has 1 aromatic carbocycles. The van der Waals surface area contributed by atoms with Crippen molar-refractivity contribution in [2.24, 2.45) is 0 Å². The molecule has 0 saturated heterocycles. The van der Waals surface area contributed by atoms with Gasteiger partial charge in [0.1, 0.15) is 0 Å². The third kappa shape index (κ3) is 5.80. The molecule has 0 aliphatic heterocycles. The van der Waals surface area contributed by atoms with Gasteiger partial charge in [0.15, 0.2) is 0 Å². The van der Waals surface area contributed by atoms with Crippen LogP contribution < -0.4 is 0 Å². The first kappa shape index (κ1) is 14.1. The summed E-state index contributed by atoms with van der Waals surface area (Å²) in [5, 5.41) is 0.0549. The first-order valence-corrected chi connectivity index (χ1v) is 7.48. The Morgan fingerprint density at radius 3 is 2.82 bits per heavy atom. The van der Waals surface area contributed by atoms with Gasteiger partial charge < -0.3 is 0 Å². The molecule has 0 saturated carbocycles. The van der Waals surface area contributed by atoms with E-state index in [9.17, 15) is 4.79 Å². The van der Waals surface area contributed by atoms with Crippen molar-refractivity contribution in [2.45, 2.75) is 5.75 Å². The van der Waals surface area contributed by atoms with Gasteiger partial charge in [-0.3, -0.25) is 4.79 Å². The smallest absolute Gasteiger partial charge is 0.211 e. The zero-order valence-corrected chi connectivity index (χ0v) is 11.4. The molecule has 1 aromatic rings. The van der Waals surface area contributed by atoms with Crippen LogP contribution in [0.25, 0.3) is 6.08 Å². The summed E-state index contributed by atoms with van der Waals surface area (Å²) < 4.78 is 0. The summed E-state index contributed by atoms with van der Waals surface area (Å²) in [6.07, 6.45) is 3.22. The Labute approximate surface area is 111 Å². The van der Waals surface area contributed by atoms with E-state index in [0.717, 1.165) is 22.8 Å². The van der Waals surface area contributed by atoms with Crippen LogP contribution in [0, 0.1) is 0 Å². The van der Waals surface area contributed by atoms with Gasteiger partial charge in [0.05, 0.1) is 0 Å². The summed E-state index contributed by atoms with van der Waals surface area (Å²) in [5.41, 5.74) is 2.45. The average Bonchev–Trinajstić information content (AvgIpc) is 2.38. The van der Waals surface area contributed by atoms with E-state index in [4.69, 9.17) is 0 Å². The lowest BCUT2D eigenvalue weighted by Gasteiger charge is -2.02. The highest BCUT2D eigenvalue weighted by atomic mass is 32.2. The van der Waals surface area contributed by atoms with Crippen molar-refractivity contribution in [3.63, 3.8) is 0 Å². The van der Waals surface area contributed by atoms with Gasteiger partial charge in [0.2, 0.25) is 5.12 Å². The van der Waals surface area contributed by atoms with Crippen molar-refractivity contribution in [1.29, 1.82) is 0 Å². The van der Waals surface area contributed by atoms with Crippen LogP contribution in [-0.2, 0) is 10.5 Å². The molecule has 0 atom stereocenters. The predicted octanol–water partition coefficient (Wildman–Crippen LogP) is 4.01. The average molecular weight is 264 g/mol. The van der Waals surface area contributed by atoms with Crippen LogP contribution in [0.5, 0.6) is 0 Å². The number of benzene rings is 1. The van der Waals surface area contributed by atoms with Gasteiger partial charge in [-0.05, 0) is 17.2 Å². The van der Waals surface area contributed by atoms with E-state index in [1.807, 2.05) is 30.0 Å². The van der Waals surface area contributed by atoms with E-state index in [1.54, 1.807) is 0 Å². The highest BCUT2D eigenvalue weighted by Crippen LogP contribution is 2.16. The van der Waals surface area contributed by atoms with Crippen LogP contribution in [0.4, 0.5) is 0 Å². The minimum atomic E-state index is 0.0549. The van der Waals surface area contributed by atoms with Crippen LogP contribution in [-0.4, -0.2) is 16.6 Å². The van der Waals surface area contributed by atoms with Crippen LogP contribution in [0.1, 0.15) is 11.1 Å². The molecule has 0 aliphatic rings. The fourth-order valence-electron chi connectivity index (χ4n) is 1.26. The standard InChI is InChI=1S/C14H16OS2/c1-3-12-6-5-7-13(10-12)11-16-8-9-17-14(15)4-2/h3-7,10H,1-2,8-9,11H2. The van der Waals surface area contributed by atoms with Crippen molar-refractivity contribution in [1.82, 2.24) is 0 Å². The first-order valence-electron chi connectivity index (χ1n) is 5.34. The largest absolute Gasteiger partial charge is 0.282 e. The summed E-state index contributed by atoms with van der Waals surface area (Å²) >= 11 is 3.16. The van der Waals surface area contributed by atoms with Gasteiger partial charge in [-0.1, -0.05) is 55.3 Å². The Morgan fingerprint density at radius 2 is 2.12 bits per heavy atom. The second kappa shape index (κ2) is 8.20. The molecule has 90 valence electrons. The molecule has 0 radical (unpaired) electrons. The van der Waals surface area contributed by atoms with Crippen molar-refractivity contribution in [3.05, 3.63) is 54.6 Å². The Kier molecular flexibility index (Phi) is 6.82. The Balaban J connectivity index is 2.24. The lowest BCUT2D eigenvalue weighted by molar-refractivity contribution is -0.107. The molecular formula is C14H16OS2. The van der Waals surface area contributed by atoms with Crippen molar-refractivity contribution in [2.75, 3.05) is 11.5 Å². The summed E-state index contributed by atoms with van der Waals surface area (Å²) in [4.78, 5) is 11.0. The van der Waals surface area contributed by atoms with E-state index in [1.165, 1.54) is 23.4 Å². The number of hydrogen-bond acceptors (Lipinski definition) is 3. The molecule has 1 nitrogen and oxygen atoms in total. The van der Waals surface area contributed by atoms with E-state index >= 15 is 0 Å². The first-order chi connectivity index (χ1) is 8.26. The Morgan fingerprint density at radius 1 is 1.29 bits per heavy atom. The molecule has 0 amide bonds. The fourth-order valence-corrected chi connectivity index (χ4v) is 2.94. The summed E-state index contributed by atoms with van der Waals surface area (Å²) in [6, 6.07) is 8.34. The zero-order chi connectivity index (χ0) is 12.5. The van der Waals surface area contributed by atoms with Gasteiger partial charge in [-0.25, -0.2) is 0 Å². The predicted molar refractivity (Wildman–Crippen MR) is 80.4 cm³/mol. The maximum Gasteiger partial charge on any atom is 0.211 e. The second-order valence-corrected chi connectivity index (χ2v) is 5.58. The van der Waals surface area contributed by atoms with Crippen molar-refractivity contribution < 1.29 is 4.79 Å². The molecule has 0 fully saturated rings. The monoisotopic (exact) mass is 264 g/mol. The summed E-state index contributed by atoms with van der Waals surface area (Å²) in [5.74, 6) is 2.80. The van der Waals surface area contributed by atoms with Crippen LogP contribution >= 0.6 is 23.5 Å². The number of carbonyl (C=O) groups is 1.